The fraction of sp³-hybridized carbons (Fsp3) is 0.471. The molecule has 0 heterocycles. The minimum Gasteiger partial charge on any atom is -0.322 e. The number of hydrogen-bond donors (Lipinski definition) is 1. The van der Waals surface area contributed by atoms with E-state index in [9.17, 15) is 4.79 Å². The number of hydrogen-bond acceptors (Lipinski definition) is 3. The zero-order valence-electron chi connectivity index (χ0n) is 13.4. The summed E-state index contributed by atoms with van der Waals surface area (Å²) in [5.41, 5.74) is 2.90. The number of carbonyl (C=O) groups is 1. The third kappa shape index (κ3) is 4.79. The largest absolute Gasteiger partial charge is 0.322 e. The van der Waals surface area contributed by atoms with Crippen LogP contribution < -0.4 is 5.32 Å². The zero-order valence-corrected chi connectivity index (χ0v) is 13.4. The van der Waals surface area contributed by atoms with Crippen molar-refractivity contribution in [1.29, 1.82) is 10.5 Å². The summed E-state index contributed by atoms with van der Waals surface area (Å²) in [6.07, 6.45) is 0.507. The first-order valence-corrected chi connectivity index (χ1v) is 7.40. The molecule has 1 N–H and O–H groups in total. The first kappa shape index (κ1) is 17.5. The minimum absolute atomic E-state index is 0.254. The topological polar surface area (TPSA) is 79.9 Å². The number of benzene rings is 1. The van der Waals surface area contributed by atoms with Crippen LogP contribution in [-0.2, 0) is 0 Å². The van der Waals surface area contributed by atoms with Crippen molar-refractivity contribution in [2.75, 3.05) is 18.4 Å². The van der Waals surface area contributed by atoms with Gasteiger partial charge >= 0.3 is 6.03 Å². The van der Waals surface area contributed by atoms with Gasteiger partial charge in [0.15, 0.2) is 0 Å². The molecule has 1 aromatic rings. The molecule has 0 fully saturated rings. The number of nitriles is 2. The number of aryl methyl sites for hydroxylation is 1. The molecule has 0 radical (unpaired) electrons. The molecule has 0 atom stereocenters. The van der Waals surface area contributed by atoms with E-state index in [-0.39, 0.29) is 18.9 Å². The normalized spacial score (nSPS) is 9.91. The van der Waals surface area contributed by atoms with Crippen LogP contribution in [0.15, 0.2) is 18.2 Å². The Hall–Kier alpha value is -2.53. The van der Waals surface area contributed by atoms with Crippen molar-refractivity contribution < 1.29 is 4.79 Å². The van der Waals surface area contributed by atoms with Gasteiger partial charge in [-0.3, -0.25) is 0 Å². The lowest BCUT2D eigenvalue weighted by Crippen LogP contribution is -2.36. The Morgan fingerprint density at radius 1 is 1.23 bits per heavy atom. The molecule has 5 nitrogen and oxygen atoms in total. The molecule has 1 aromatic carbocycles. The van der Waals surface area contributed by atoms with Gasteiger partial charge in [0.25, 0.3) is 0 Å². The summed E-state index contributed by atoms with van der Waals surface area (Å²) in [7, 11) is 0. The smallest absolute Gasteiger partial charge is 0.321 e. The summed E-state index contributed by atoms with van der Waals surface area (Å²) in [4.78, 5) is 14.0. The van der Waals surface area contributed by atoms with Crippen molar-refractivity contribution in [2.24, 2.45) is 0 Å². The van der Waals surface area contributed by atoms with Gasteiger partial charge in [0.05, 0.1) is 25.0 Å². The maximum atomic E-state index is 12.4. The van der Waals surface area contributed by atoms with E-state index in [1.807, 2.05) is 37.3 Å². The zero-order chi connectivity index (χ0) is 16.5. The highest BCUT2D eigenvalue weighted by Crippen LogP contribution is 2.27. The molecule has 0 saturated carbocycles. The van der Waals surface area contributed by atoms with Crippen LogP contribution in [0.5, 0.6) is 0 Å². The number of anilines is 1. The van der Waals surface area contributed by atoms with Crippen LogP contribution in [0.3, 0.4) is 0 Å². The van der Waals surface area contributed by atoms with Crippen molar-refractivity contribution >= 4 is 11.7 Å². The highest BCUT2D eigenvalue weighted by Gasteiger charge is 2.16. The molecule has 0 aliphatic carbocycles. The summed E-state index contributed by atoms with van der Waals surface area (Å²) in [6.45, 7) is 6.76. The summed E-state index contributed by atoms with van der Waals surface area (Å²) in [5, 5.41) is 20.3. The van der Waals surface area contributed by atoms with Gasteiger partial charge in [-0.15, -0.1) is 0 Å². The molecule has 0 aliphatic rings. The number of para-hydroxylation sites is 1. The third-order valence-corrected chi connectivity index (χ3v) is 3.43. The molecular weight excluding hydrogens is 276 g/mol. The molecular formula is C17H22N4O. The van der Waals surface area contributed by atoms with Gasteiger partial charge < -0.3 is 10.2 Å². The average molecular weight is 298 g/mol. The van der Waals surface area contributed by atoms with E-state index in [2.05, 4.69) is 19.2 Å². The predicted molar refractivity (Wildman–Crippen MR) is 86.3 cm³/mol. The second-order valence-corrected chi connectivity index (χ2v) is 5.43. The Morgan fingerprint density at radius 2 is 1.82 bits per heavy atom. The van der Waals surface area contributed by atoms with E-state index in [1.54, 1.807) is 0 Å². The Balaban J connectivity index is 2.94. The molecule has 0 aliphatic heterocycles. The number of nitrogens with zero attached hydrogens (tertiary/aromatic N) is 3. The Kier molecular flexibility index (Phi) is 6.92. The number of carbonyl (C=O) groups excluding carboxylic acids is 1. The molecule has 0 saturated heterocycles. The van der Waals surface area contributed by atoms with Crippen LogP contribution in [0.4, 0.5) is 10.5 Å². The van der Waals surface area contributed by atoms with E-state index >= 15 is 0 Å². The maximum absolute atomic E-state index is 12.4. The fourth-order valence-electron chi connectivity index (χ4n) is 2.21. The van der Waals surface area contributed by atoms with Crippen molar-refractivity contribution in [1.82, 2.24) is 4.90 Å². The van der Waals surface area contributed by atoms with Gasteiger partial charge in [0, 0.05) is 18.8 Å². The standard InChI is InChI=1S/C17H22N4O/c1-13(2)15-8-4-7-14(3)16(15)20-17(22)21(11-5-9-18)12-6-10-19/h4,7-8,13H,5-6,11-12H2,1-3H3,(H,20,22). The van der Waals surface area contributed by atoms with Crippen LogP contribution in [0.2, 0.25) is 0 Å². The van der Waals surface area contributed by atoms with Gasteiger partial charge in [0.2, 0.25) is 0 Å². The molecule has 1 rings (SSSR count). The number of urea groups is 1. The monoisotopic (exact) mass is 298 g/mol. The van der Waals surface area contributed by atoms with Gasteiger partial charge in [-0.1, -0.05) is 32.0 Å². The summed E-state index contributed by atoms with van der Waals surface area (Å²) in [6, 6.07) is 9.73. The van der Waals surface area contributed by atoms with E-state index in [1.165, 1.54) is 4.90 Å². The maximum Gasteiger partial charge on any atom is 0.321 e. The van der Waals surface area contributed by atoms with Crippen molar-refractivity contribution in [3.8, 4) is 12.1 Å². The van der Waals surface area contributed by atoms with Crippen molar-refractivity contribution in [3.63, 3.8) is 0 Å². The molecule has 22 heavy (non-hydrogen) atoms. The molecule has 2 amide bonds. The van der Waals surface area contributed by atoms with Crippen LogP contribution in [0.25, 0.3) is 0 Å². The molecule has 0 unspecified atom stereocenters. The number of rotatable bonds is 6. The van der Waals surface area contributed by atoms with Crippen LogP contribution in [-0.4, -0.2) is 24.0 Å². The second kappa shape index (κ2) is 8.69. The van der Waals surface area contributed by atoms with Crippen LogP contribution in [0, 0.1) is 29.6 Å². The first-order valence-electron chi connectivity index (χ1n) is 7.40. The Labute approximate surface area is 132 Å². The average Bonchev–Trinajstić information content (AvgIpc) is 2.49. The number of nitrogens with one attached hydrogen (secondary N) is 1. The quantitative estimate of drug-likeness (QED) is 0.867. The van der Waals surface area contributed by atoms with Crippen LogP contribution in [0.1, 0.15) is 43.7 Å². The van der Waals surface area contributed by atoms with Gasteiger partial charge in [0.1, 0.15) is 0 Å². The van der Waals surface area contributed by atoms with E-state index in [4.69, 9.17) is 10.5 Å². The molecule has 0 bridgehead atoms. The highest BCUT2D eigenvalue weighted by molar-refractivity contribution is 5.91. The molecule has 5 heteroatoms. The van der Waals surface area contributed by atoms with E-state index in [0.29, 0.717) is 19.0 Å². The van der Waals surface area contributed by atoms with Crippen molar-refractivity contribution in [2.45, 2.75) is 39.5 Å². The van der Waals surface area contributed by atoms with Gasteiger partial charge in [-0.2, -0.15) is 10.5 Å². The van der Waals surface area contributed by atoms with Crippen LogP contribution >= 0.6 is 0 Å². The Morgan fingerprint density at radius 3 is 2.32 bits per heavy atom. The molecule has 0 spiro atoms. The summed E-state index contributed by atoms with van der Waals surface area (Å²) >= 11 is 0. The highest BCUT2D eigenvalue weighted by atomic mass is 16.2. The second-order valence-electron chi connectivity index (χ2n) is 5.43. The summed E-state index contributed by atoms with van der Waals surface area (Å²) < 4.78 is 0. The van der Waals surface area contributed by atoms with Gasteiger partial charge in [-0.05, 0) is 24.0 Å². The van der Waals surface area contributed by atoms with Gasteiger partial charge in [-0.25, -0.2) is 4.79 Å². The third-order valence-electron chi connectivity index (χ3n) is 3.43. The first-order chi connectivity index (χ1) is 10.5. The van der Waals surface area contributed by atoms with E-state index < -0.39 is 0 Å². The van der Waals surface area contributed by atoms with Crippen molar-refractivity contribution in [3.05, 3.63) is 29.3 Å². The lowest BCUT2D eigenvalue weighted by Gasteiger charge is -2.23. The SMILES string of the molecule is Cc1cccc(C(C)C)c1NC(=O)N(CCC#N)CCC#N. The molecule has 0 aromatic heterocycles. The lowest BCUT2D eigenvalue weighted by atomic mass is 9.98. The minimum atomic E-state index is -0.262. The van der Waals surface area contributed by atoms with E-state index in [0.717, 1.165) is 16.8 Å². The summed E-state index contributed by atoms with van der Waals surface area (Å²) in [5.74, 6) is 0.293. The lowest BCUT2D eigenvalue weighted by molar-refractivity contribution is 0.214. The number of amides is 2. The molecule has 116 valence electrons. The predicted octanol–water partition coefficient (Wildman–Crippen LogP) is 3.78. The Bertz CT molecular complexity index is 578. The fourth-order valence-corrected chi connectivity index (χ4v) is 2.21.